The summed E-state index contributed by atoms with van der Waals surface area (Å²) >= 11 is 0. The van der Waals surface area contributed by atoms with E-state index in [0.29, 0.717) is 19.4 Å². The van der Waals surface area contributed by atoms with E-state index in [0.717, 1.165) is 6.42 Å². The number of amides is 1. The van der Waals surface area contributed by atoms with Gasteiger partial charge in [0, 0.05) is 19.6 Å². The van der Waals surface area contributed by atoms with Crippen LogP contribution in [0.5, 0.6) is 0 Å². The molecule has 1 aromatic rings. The second kappa shape index (κ2) is 7.07. The van der Waals surface area contributed by atoms with E-state index in [9.17, 15) is 4.79 Å². The largest absolute Gasteiger partial charge is 0.396 e. The molecule has 0 atom stereocenters. The van der Waals surface area contributed by atoms with E-state index in [2.05, 4.69) is 37.4 Å². The first kappa shape index (κ1) is 13.7. The second-order valence-electron chi connectivity index (χ2n) is 4.36. The molecule has 0 radical (unpaired) electrons. The highest BCUT2D eigenvalue weighted by Gasteiger charge is 2.02. The van der Waals surface area contributed by atoms with Crippen molar-refractivity contribution < 1.29 is 9.90 Å². The van der Waals surface area contributed by atoms with Gasteiger partial charge in [-0.15, -0.1) is 0 Å². The fourth-order valence-electron chi connectivity index (χ4n) is 1.73. The van der Waals surface area contributed by atoms with Crippen molar-refractivity contribution in [3.05, 3.63) is 34.9 Å². The molecular weight excluding hydrogens is 214 g/mol. The first-order chi connectivity index (χ1) is 8.13. The molecule has 0 bridgehead atoms. The number of carbonyl (C=O) groups excluding carboxylic acids is 1. The third kappa shape index (κ3) is 5.00. The number of hydrogen-bond donors (Lipinski definition) is 2. The summed E-state index contributed by atoms with van der Waals surface area (Å²) in [4.78, 5) is 11.3. The van der Waals surface area contributed by atoms with Gasteiger partial charge in [-0.2, -0.15) is 0 Å². The molecule has 2 N–H and O–H groups in total. The van der Waals surface area contributed by atoms with Crippen LogP contribution in [0.25, 0.3) is 0 Å². The fourth-order valence-corrected chi connectivity index (χ4v) is 1.73. The quantitative estimate of drug-likeness (QED) is 0.789. The Bertz CT molecular complexity index is 374. The molecule has 0 spiro atoms. The number of aliphatic hydroxyl groups is 1. The number of rotatable bonds is 6. The van der Waals surface area contributed by atoms with Crippen LogP contribution in [-0.4, -0.2) is 24.2 Å². The highest BCUT2D eigenvalue weighted by Crippen LogP contribution is 2.10. The first-order valence-corrected chi connectivity index (χ1v) is 6.07. The molecule has 0 aromatic heterocycles. The van der Waals surface area contributed by atoms with E-state index in [1.165, 1.54) is 16.7 Å². The maximum absolute atomic E-state index is 11.3. The maximum Gasteiger partial charge on any atom is 0.220 e. The standard InChI is InChI=1S/C14H21NO2/c1-11-5-6-12(2)13(10-11)7-8-15-14(17)4-3-9-16/h5-6,10,16H,3-4,7-9H2,1-2H3,(H,15,17). The van der Waals surface area contributed by atoms with E-state index < -0.39 is 0 Å². The minimum absolute atomic E-state index is 0.0179. The summed E-state index contributed by atoms with van der Waals surface area (Å²) in [5.74, 6) is 0.0179. The van der Waals surface area contributed by atoms with Crippen molar-refractivity contribution in [3.63, 3.8) is 0 Å². The lowest BCUT2D eigenvalue weighted by molar-refractivity contribution is -0.121. The Labute approximate surface area is 103 Å². The molecule has 0 aliphatic heterocycles. The van der Waals surface area contributed by atoms with Gasteiger partial charge in [0.1, 0.15) is 0 Å². The smallest absolute Gasteiger partial charge is 0.220 e. The molecule has 0 fully saturated rings. The molecule has 0 heterocycles. The zero-order valence-corrected chi connectivity index (χ0v) is 10.6. The molecule has 3 heteroatoms. The molecule has 0 saturated heterocycles. The van der Waals surface area contributed by atoms with E-state index >= 15 is 0 Å². The molecule has 1 aromatic carbocycles. The van der Waals surface area contributed by atoms with Crippen LogP contribution in [0, 0.1) is 13.8 Å². The van der Waals surface area contributed by atoms with Crippen LogP contribution in [0.2, 0.25) is 0 Å². The monoisotopic (exact) mass is 235 g/mol. The van der Waals surface area contributed by atoms with Gasteiger partial charge in [0.2, 0.25) is 5.91 Å². The topological polar surface area (TPSA) is 49.3 Å². The average molecular weight is 235 g/mol. The molecule has 0 aliphatic rings. The average Bonchev–Trinajstić information content (AvgIpc) is 2.31. The van der Waals surface area contributed by atoms with Crippen LogP contribution in [0.1, 0.15) is 29.5 Å². The lowest BCUT2D eigenvalue weighted by Crippen LogP contribution is -2.25. The Balaban J connectivity index is 2.35. The lowest BCUT2D eigenvalue weighted by Gasteiger charge is -2.08. The number of hydrogen-bond acceptors (Lipinski definition) is 2. The highest BCUT2D eigenvalue weighted by molar-refractivity contribution is 5.75. The van der Waals surface area contributed by atoms with Crippen LogP contribution >= 0.6 is 0 Å². The Kier molecular flexibility index (Phi) is 5.70. The van der Waals surface area contributed by atoms with Gasteiger partial charge in [0.25, 0.3) is 0 Å². The first-order valence-electron chi connectivity index (χ1n) is 6.07. The fraction of sp³-hybridized carbons (Fsp3) is 0.500. The van der Waals surface area contributed by atoms with Crippen LogP contribution < -0.4 is 5.32 Å². The normalized spacial score (nSPS) is 10.3. The Hall–Kier alpha value is -1.35. The predicted octanol–water partition coefficient (Wildman–Crippen LogP) is 1.73. The summed E-state index contributed by atoms with van der Waals surface area (Å²) in [6, 6.07) is 6.37. The van der Waals surface area contributed by atoms with Gasteiger partial charge in [-0.25, -0.2) is 0 Å². The molecule has 1 amide bonds. The van der Waals surface area contributed by atoms with E-state index in [4.69, 9.17) is 5.11 Å². The number of benzene rings is 1. The highest BCUT2D eigenvalue weighted by atomic mass is 16.3. The molecule has 3 nitrogen and oxygen atoms in total. The number of aliphatic hydroxyl groups excluding tert-OH is 1. The van der Waals surface area contributed by atoms with E-state index in [1.807, 2.05) is 0 Å². The van der Waals surface area contributed by atoms with Crippen molar-refractivity contribution in [3.8, 4) is 0 Å². The lowest BCUT2D eigenvalue weighted by atomic mass is 10.0. The summed E-state index contributed by atoms with van der Waals surface area (Å²) in [6.45, 7) is 4.89. The summed E-state index contributed by atoms with van der Waals surface area (Å²) < 4.78 is 0. The van der Waals surface area contributed by atoms with Crippen LogP contribution in [0.15, 0.2) is 18.2 Å². The maximum atomic E-state index is 11.3. The number of nitrogens with one attached hydrogen (secondary N) is 1. The molecule has 0 unspecified atom stereocenters. The Morgan fingerprint density at radius 2 is 2.12 bits per heavy atom. The van der Waals surface area contributed by atoms with Gasteiger partial charge in [-0.05, 0) is 37.8 Å². The van der Waals surface area contributed by atoms with Gasteiger partial charge in [0.15, 0.2) is 0 Å². The molecule has 0 saturated carbocycles. The van der Waals surface area contributed by atoms with Crippen molar-refractivity contribution in [2.75, 3.05) is 13.2 Å². The summed E-state index contributed by atoms with van der Waals surface area (Å²) in [7, 11) is 0. The van der Waals surface area contributed by atoms with Crippen molar-refractivity contribution in [1.29, 1.82) is 0 Å². The van der Waals surface area contributed by atoms with Crippen molar-refractivity contribution in [2.24, 2.45) is 0 Å². The van der Waals surface area contributed by atoms with Crippen LogP contribution in [0.3, 0.4) is 0 Å². The summed E-state index contributed by atoms with van der Waals surface area (Å²) in [5, 5.41) is 11.5. The SMILES string of the molecule is Cc1ccc(C)c(CCNC(=O)CCCO)c1. The molecule has 1 rings (SSSR count). The van der Waals surface area contributed by atoms with Gasteiger partial charge < -0.3 is 10.4 Å². The molecular formula is C14H21NO2. The van der Waals surface area contributed by atoms with E-state index in [-0.39, 0.29) is 12.5 Å². The van der Waals surface area contributed by atoms with Crippen molar-refractivity contribution >= 4 is 5.91 Å². The third-order valence-electron chi connectivity index (χ3n) is 2.78. The second-order valence-corrected chi connectivity index (χ2v) is 4.36. The van der Waals surface area contributed by atoms with Crippen molar-refractivity contribution in [2.45, 2.75) is 33.1 Å². The number of aryl methyl sites for hydroxylation is 2. The summed E-state index contributed by atoms with van der Waals surface area (Å²) in [5.41, 5.74) is 3.80. The molecule has 94 valence electrons. The minimum Gasteiger partial charge on any atom is -0.396 e. The van der Waals surface area contributed by atoms with E-state index in [1.54, 1.807) is 0 Å². The minimum atomic E-state index is 0.0179. The zero-order valence-electron chi connectivity index (χ0n) is 10.6. The molecule has 0 aliphatic carbocycles. The van der Waals surface area contributed by atoms with Gasteiger partial charge in [-0.3, -0.25) is 4.79 Å². The van der Waals surface area contributed by atoms with Crippen LogP contribution in [-0.2, 0) is 11.2 Å². The third-order valence-corrected chi connectivity index (χ3v) is 2.78. The van der Waals surface area contributed by atoms with Gasteiger partial charge >= 0.3 is 0 Å². The van der Waals surface area contributed by atoms with Crippen molar-refractivity contribution in [1.82, 2.24) is 5.32 Å². The van der Waals surface area contributed by atoms with Crippen LogP contribution in [0.4, 0.5) is 0 Å². The Morgan fingerprint density at radius 3 is 2.82 bits per heavy atom. The number of carbonyl (C=O) groups is 1. The zero-order chi connectivity index (χ0) is 12.7. The van der Waals surface area contributed by atoms with Gasteiger partial charge in [0.05, 0.1) is 0 Å². The van der Waals surface area contributed by atoms with Gasteiger partial charge in [-0.1, -0.05) is 23.8 Å². The predicted molar refractivity (Wildman–Crippen MR) is 68.9 cm³/mol. The Morgan fingerprint density at radius 1 is 1.35 bits per heavy atom. The summed E-state index contributed by atoms with van der Waals surface area (Å²) in [6.07, 6.45) is 1.80. The molecule has 17 heavy (non-hydrogen) atoms.